The van der Waals surface area contributed by atoms with Crippen molar-refractivity contribution in [2.24, 2.45) is 52.3 Å². The summed E-state index contributed by atoms with van der Waals surface area (Å²) in [4.78, 5) is 0. The lowest BCUT2D eigenvalue weighted by Crippen LogP contribution is -2.52. The van der Waals surface area contributed by atoms with Crippen LogP contribution in [-0.2, 0) is 0 Å². The first-order valence-corrected chi connectivity index (χ1v) is 13.0. The largest absolute Gasteiger partial charge is 0.0895 e. The van der Waals surface area contributed by atoms with E-state index in [0.717, 1.165) is 46.5 Å². The maximum absolute atomic E-state index is 6.46. The Kier molecular flexibility index (Phi) is 6.03. The molecule has 0 radical (unpaired) electrons. The molecule has 0 saturated heterocycles. The van der Waals surface area contributed by atoms with Gasteiger partial charge in [0.15, 0.2) is 0 Å². The van der Waals surface area contributed by atoms with Crippen LogP contribution in [0.3, 0.4) is 0 Å². The van der Waals surface area contributed by atoms with Crippen LogP contribution in [0.5, 0.6) is 0 Å². The minimum atomic E-state index is 0.531. The summed E-state index contributed by atoms with van der Waals surface area (Å²) in [6.45, 7) is 12.7. The zero-order valence-corrected chi connectivity index (χ0v) is 20.0. The van der Waals surface area contributed by atoms with E-state index in [1.54, 1.807) is 0 Å². The van der Waals surface area contributed by atoms with Crippen LogP contribution in [0.2, 0.25) is 0 Å². The van der Waals surface area contributed by atoms with E-state index >= 15 is 0 Å². The third kappa shape index (κ3) is 3.52. The van der Waals surface area contributed by atoms with E-state index in [1.165, 1.54) is 70.6 Å². The molecule has 4 aliphatic rings. The second kappa shape index (κ2) is 7.94. The van der Waals surface area contributed by atoms with Crippen molar-refractivity contribution >= 4 is 11.6 Å². The van der Waals surface area contributed by atoms with E-state index in [-0.39, 0.29) is 0 Å². The smallest absolute Gasteiger partial charge is 0.0144 e. The fourth-order valence-electron chi connectivity index (χ4n) is 8.86. The van der Waals surface area contributed by atoms with Gasteiger partial charge in [-0.3, -0.25) is 0 Å². The number of rotatable bonds is 5. The summed E-state index contributed by atoms with van der Waals surface area (Å²) in [5, 5.41) is 1.15. The number of halogens is 1. The van der Waals surface area contributed by atoms with Crippen molar-refractivity contribution < 1.29 is 0 Å². The van der Waals surface area contributed by atoms with Gasteiger partial charge in [-0.2, -0.15) is 0 Å². The summed E-state index contributed by atoms with van der Waals surface area (Å²) in [7, 11) is 0. The van der Waals surface area contributed by atoms with Crippen LogP contribution in [-0.4, -0.2) is 0 Å². The van der Waals surface area contributed by atoms with Crippen molar-refractivity contribution in [1.29, 1.82) is 0 Å². The Balaban J connectivity index is 1.48. The van der Waals surface area contributed by atoms with Crippen LogP contribution in [0.25, 0.3) is 0 Å². The molecule has 4 aliphatic carbocycles. The molecular formula is C27H45Cl. The Bertz CT molecular complexity index is 591. The molecule has 1 unspecified atom stereocenters. The number of fused-ring (bicyclic) bond motifs is 5. The lowest BCUT2D eigenvalue weighted by molar-refractivity contribution is -0.101. The highest BCUT2D eigenvalue weighted by Crippen LogP contribution is 2.68. The van der Waals surface area contributed by atoms with Gasteiger partial charge in [0.2, 0.25) is 0 Å². The molecule has 3 saturated carbocycles. The van der Waals surface area contributed by atoms with Gasteiger partial charge >= 0.3 is 0 Å². The van der Waals surface area contributed by atoms with E-state index in [4.69, 9.17) is 11.6 Å². The minimum Gasteiger partial charge on any atom is -0.0895 e. The number of allylic oxidation sites excluding steroid dienone is 2. The lowest BCUT2D eigenvalue weighted by atomic mass is 9.45. The normalized spacial score (nSPS) is 46.5. The molecule has 3 fully saturated rings. The fraction of sp³-hybridized carbons (Fsp3) is 0.926. The number of hydrogen-bond donors (Lipinski definition) is 0. The molecule has 4 rings (SSSR count). The van der Waals surface area contributed by atoms with E-state index in [2.05, 4.69) is 40.7 Å². The van der Waals surface area contributed by atoms with Crippen molar-refractivity contribution in [2.75, 3.05) is 0 Å². The van der Waals surface area contributed by atoms with E-state index in [0.29, 0.717) is 10.8 Å². The molecular weight excluding hydrogens is 360 g/mol. The molecule has 0 aromatic rings. The van der Waals surface area contributed by atoms with Gasteiger partial charge in [0.05, 0.1) is 0 Å². The third-order valence-electron chi connectivity index (χ3n) is 10.5. The monoisotopic (exact) mass is 404 g/mol. The van der Waals surface area contributed by atoms with E-state index in [9.17, 15) is 0 Å². The quantitative estimate of drug-likeness (QED) is 0.429. The summed E-state index contributed by atoms with van der Waals surface area (Å²) in [6, 6.07) is 0. The predicted molar refractivity (Wildman–Crippen MR) is 122 cm³/mol. The maximum atomic E-state index is 6.46. The van der Waals surface area contributed by atoms with Crippen LogP contribution >= 0.6 is 11.6 Å². The first-order chi connectivity index (χ1) is 13.3. The van der Waals surface area contributed by atoms with E-state index < -0.39 is 0 Å². The Labute approximate surface area is 180 Å². The highest BCUT2D eigenvalue weighted by molar-refractivity contribution is 6.29. The average Bonchev–Trinajstić information content (AvgIpc) is 2.99. The molecule has 160 valence electrons. The molecule has 0 aromatic heterocycles. The Morgan fingerprint density at radius 3 is 2.46 bits per heavy atom. The van der Waals surface area contributed by atoms with Crippen molar-refractivity contribution in [1.82, 2.24) is 0 Å². The minimum absolute atomic E-state index is 0.531. The predicted octanol–water partition coefficient (Wildman–Crippen LogP) is 8.84. The zero-order chi connectivity index (χ0) is 20.1. The van der Waals surface area contributed by atoms with Crippen molar-refractivity contribution in [3.05, 3.63) is 11.1 Å². The summed E-state index contributed by atoms with van der Waals surface area (Å²) in [5.41, 5.74) is 1.16. The summed E-state index contributed by atoms with van der Waals surface area (Å²) < 4.78 is 0. The number of hydrogen-bond acceptors (Lipinski definition) is 0. The summed E-state index contributed by atoms with van der Waals surface area (Å²) in [5.74, 6) is 6.58. The van der Waals surface area contributed by atoms with Crippen LogP contribution in [0.4, 0.5) is 0 Å². The van der Waals surface area contributed by atoms with Gasteiger partial charge in [0, 0.05) is 5.03 Å². The van der Waals surface area contributed by atoms with Crippen LogP contribution in [0.15, 0.2) is 11.1 Å². The fourth-order valence-corrected chi connectivity index (χ4v) is 9.13. The molecule has 0 amide bonds. The average molecular weight is 405 g/mol. The Hall–Kier alpha value is 0.0300. The first kappa shape index (κ1) is 21.3. The van der Waals surface area contributed by atoms with Crippen molar-refractivity contribution in [3.8, 4) is 0 Å². The molecule has 8 atom stereocenters. The van der Waals surface area contributed by atoms with Gasteiger partial charge in [-0.25, -0.2) is 0 Å². The first-order valence-electron chi connectivity index (χ1n) is 12.6. The third-order valence-corrected chi connectivity index (χ3v) is 10.8. The molecule has 0 heterocycles. The standard InChI is InChI=1S/C27H45Cl/c1-18(2)7-6-8-19(3)23-11-12-24-22-10-9-20-17-21(28)13-15-26(20,4)25(22)14-16-27(23,24)5/h13,18-20,22-25H,6-12,14-17H2,1-5H3/t19-,20?,22+,23-,24+,25+,26+,27-/m1/s1. The molecule has 0 nitrogen and oxygen atoms in total. The van der Waals surface area contributed by atoms with Crippen LogP contribution in [0, 0.1) is 52.3 Å². The van der Waals surface area contributed by atoms with Gasteiger partial charge in [0.1, 0.15) is 0 Å². The summed E-state index contributed by atoms with van der Waals surface area (Å²) >= 11 is 6.46. The topological polar surface area (TPSA) is 0 Å². The van der Waals surface area contributed by atoms with Crippen LogP contribution < -0.4 is 0 Å². The zero-order valence-electron chi connectivity index (χ0n) is 19.3. The SMILES string of the molecule is CC(C)CCC[C@@H](C)[C@H]1CC[C@H]2[C@@H]3CCC4CC(Cl)=CC[C@]4(C)[C@H]3CC[C@]12C. The Morgan fingerprint density at radius 2 is 1.71 bits per heavy atom. The second-order valence-electron chi connectivity index (χ2n) is 12.2. The maximum Gasteiger partial charge on any atom is 0.0144 e. The molecule has 0 spiro atoms. The second-order valence-corrected chi connectivity index (χ2v) is 12.7. The van der Waals surface area contributed by atoms with Crippen molar-refractivity contribution in [3.63, 3.8) is 0 Å². The molecule has 0 aliphatic heterocycles. The van der Waals surface area contributed by atoms with Crippen molar-refractivity contribution in [2.45, 2.75) is 105 Å². The van der Waals surface area contributed by atoms with Gasteiger partial charge in [-0.05, 0) is 104 Å². The Morgan fingerprint density at radius 1 is 0.964 bits per heavy atom. The van der Waals surface area contributed by atoms with Crippen LogP contribution in [0.1, 0.15) is 105 Å². The van der Waals surface area contributed by atoms with Gasteiger partial charge in [0.25, 0.3) is 0 Å². The molecule has 1 heteroatoms. The molecule has 28 heavy (non-hydrogen) atoms. The van der Waals surface area contributed by atoms with Gasteiger partial charge in [-0.15, -0.1) is 0 Å². The highest BCUT2D eigenvalue weighted by Gasteiger charge is 2.60. The highest BCUT2D eigenvalue weighted by atomic mass is 35.5. The molecule has 0 N–H and O–H groups in total. The lowest BCUT2D eigenvalue weighted by Gasteiger charge is -2.60. The van der Waals surface area contributed by atoms with E-state index in [1.807, 2.05) is 0 Å². The van der Waals surface area contributed by atoms with Gasteiger partial charge in [-0.1, -0.05) is 71.6 Å². The molecule has 0 bridgehead atoms. The molecule has 0 aromatic carbocycles. The summed E-state index contributed by atoms with van der Waals surface area (Å²) in [6.07, 6.45) is 18.1. The van der Waals surface area contributed by atoms with Gasteiger partial charge < -0.3 is 0 Å².